The van der Waals surface area contributed by atoms with Crippen molar-refractivity contribution in [1.82, 2.24) is 0 Å². The van der Waals surface area contributed by atoms with Crippen LogP contribution in [-0.2, 0) is 4.79 Å². The highest BCUT2D eigenvalue weighted by Crippen LogP contribution is 2.16. The van der Waals surface area contributed by atoms with E-state index in [1.807, 2.05) is 11.8 Å². The minimum absolute atomic E-state index is 0.432. The van der Waals surface area contributed by atoms with Gasteiger partial charge in [-0.3, -0.25) is 9.59 Å². The number of carboxylic acid groups (broad SMARTS) is 1. The molecule has 98 valence electrons. The fourth-order valence-corrected chi connectivity index (χ4v) is 1.66. The van der Waals surface area contributed by atoms with Gasteiger partial charge in [-0.15, -0.1) is 0 Å². The number of rotatable bonds is 6. The molecule has 0 saturated carbocycles. The van der Waals surface area contributed by atoms with E-state index in [-0.39, 0.29) is 0 Å². The molecular weight excluding hydrogens is 232 g/mol. The third-order valence-corrected chi connectivity index (χ3v) is 2.81. The average molecular weight is 250 g/mol. The molecule has 3 N–H and O–H groups in total. The zero-order chi connectivity index (χ0) is 13.7. The fraction of sp³-hybridized carbons (Fsp3) is 0.385. The molecule has 0 radical (unpaired) electrons. The molecule has 1 atom stereocenters. The first kappa shape index (κ1) is 14.0. The molecule has 1 aromatic rings. The molecule has 0 saturated heterocycles. The molecule has 1 rings (SSSR count). The Bertz CT molecular complexity index is 428. The van der Waals surface area contributed by atoms with Crippen molar-refractivity contribution in [3.05, 3.63) is 29.8 Å². The van der Waals surface area contributed by atoms with Gasteiger partial charge in [-0.2, -0.15) is 0 Å². The van der Waals surface area contributed by atoms with Gasteiger partial charge in [0.2, 0.25) is 5.91 Å². The molecule has 0 aromatic heterocycles. The second-order valence-electron chi connectivity index (χ2n) is 4.19. The minimum atomic E-state index is -0.817. The highest BCUT2D eigenvalue weighted by molar-refractivity contribution is 5.93. The van der Waals surface area contributed by atoms with E-state index in [1.165, 1.54) is 0 Å². The first-order chi connectivity index (χ1) is 8.45. The zero-order valence-corrected chi connectivity index (χ0v) is 10.6. The lowest BCUT2D eigenvalue weighted by molar-refractivity contribution is -0.140. The van der Waals surface area contributed by atoms with E-state index in [0.29, 0.717) is 18.7 Å². The van der Waals surface area contributed by atoms with Gasteiger partial charge in [0.15, 0.2) is 0 Å². The van der Waals surface area contributed by atoms with Gasteiger partial charge in [-0.1, -0.05) is 6.92 Å². The molecule has 0 heterocycles. The third kappa shape index (κ3) is 3.48. The lowest BCUT2D eigenvalue weighted by Gasteiger charge is -2.25. The van der Waals surface area contributed by atoms with Crippen molar-refractivity contribution in [2.24, 2.45) is 11.7 Å². The number of carboxylic acids is 1. The van der Waals surface area contributed by atoms with Crippen molar-refractivity contribution in [1.29, 1.82) is 0 Å². The number of primary amides is 1. The summed E-state index contributed by atoms with van der Waals surface area (Å²) in [6.45, 7) is 4.76. The zero-order valence-electron chi connectivity index (χ0n) is 10.6. The molecule has 0 fully saturated rings. The third-order valence-electron chi connectivity index (χ3n) is 2.81. The maximum absolute atomic E-state index is 10.9. The number of nitrogens with zero attached hydrogens (tertiary/aromatic N) is 1. The number of carbonyl (C=O) groups excluding carboxylic acids is 1. The van der Waals surface area contributed by atoms with E-state index in [0.717, 1.165) is 5.69 Å². The van der Waals surface area contributed by atoms with E-state index in [4.69, 9.17) is 10.8 Å². The van der Waals surface area contributed by atoms with Crippen molar-refractivity contribution >= 4 is 17.6 Å². The maximum Gasteiger partial charge on any atom is 0.308 e. The average Bonchev–Trinajstić information content (AvgIpc) is 2.35. The smallest absolute Gasteiger partial charge is 0.308 e. The van der Waals surface area contributed by atoms with Crippen molar-refractivity contribution in [3.8, 4) is 0 Å². The van der Waals surface area contributed by atoms with E-state index in [2.05, 4.69) is 0 Å². The largest absolute Gasteiger partial charge is 0.481 e. The number of hydrogen-bond acceptors (Lipinski definition) is 3. The summed E-state index contributed by atoms with van der Waals surface area (Å²) >= 11 is 0. The minimum Gasteiger partial charge on any atom is -0.481 e. The van der Waals surface area contributed by atoms with Gasteiger partial charge in [-0.25, -0.2) is 0 Å². The molecule has 0 aliphatic rings. The Morgan fingerprint density at radius 2 is 1.89 bits per heavy atom. The van der Waals surface area contributed by atoms with Crippen LogP contribution >= 0.6 is 0 Å². The van der Waals surface area contributed by atoms with Gasteiger partial charge < -0.3 is 15.7 Å². The predicted octanol–water partition coefficient (Wildman–Crippen LogP) is 1.33. The number of nitrogens with two attached hydrogens (primary N) is 1. The monoisotopic (exact) mass is 250 g/mol. The van der Waals surface area contributed by atoms with Gasteiger partial charge in [-0.05, 0) is 31.2 Å². The first-order valence-corrected chi connectivity index (χ1v) is 5.83. The summed E-state index contributed by atoms with van der Waals surface area (Å²) in [6.07, 6.45) is 0. The molecule has 5 heteroatoms. The van der Waals surface area contributed by atoms with Crippen molar-refractivity contribution in [3.63, 3.8) is 0 Å². The van der Waals surface area contributed by atoms with Crippen LogP contribution in [0.3, 0.4) is 0 Å². The van der Waals surface area contributed by atoms with E-state index in [9.17, 15) is 9.59 Å². The number of aliphatic carboxylic acids is 1. The van der Waals surface area contributed by atoms with E-state index < -0.39 is 17.8 Å². The molecule has 0 aliphatic heterocycles. The summed E-state index contributed by atoms with van der Waals surface area (Å²) < 4.78 is 0. The van der Waals surface area contributed by atoms with Crippen LogP contribution in [0.2, 0.25) is 0 Å². The second kappa shape index (κ2) is 6.05. The Labute approximate surface area is 106 Å². The summed E-state index contributed by atoms with van der Waals surface area (Å²) in [4.78, 5) is 23.7. The van der Waals surface area contributed by atoms with Gasteiger partial charge in [0.05, 0.1) is 5.92 Å². The maximum atomic E-state index is 10.9. The summed E-state index contributed by atoms with van der Waals surface area (Å²) in [6, 6.07) is 6.84. The lowest BCUT2D eigenvalue weighted by atomic mass is 10.1. The molecule has 18 heavy (non-hydrogen) atoms. The van der Waals surface area contributed by atoms with Crippen LogP contribution in [0.15, 0.2) is 24.3 Å². The molecule has 5 nitrogen and oxygen atoms in total. The summed E-state index contributed by atoms with van der Waals surface area (Å²) in [5, 5.41) is 8.90. The number of amides is 1. The highest BCUT2D eigenvalue weighted by Gasteiger charge is 2.15. The number of benzene rings is 1. The van der Waals surface area contributed by atoms with Crippen molar-refractivity contribution in [2.45, 2.75) is 13.8 Å². The van der Waals surface area contributed by atoms with Gasteiger partial charge in [0, 0.05) is 24.3 Å². The molecular formula is C13H18N2O3. The predicted molar refractivity (Wildman–Crippen MR) is 69.6 cm³/mol. The van der Waals surface area contributed by atoms with Crippen LogP contribution in [-0.4, -0.2) is 30.1 Å². The first-order valence-electron chi connectivity index (χ1n) is 5.83. The number of carbonyl (C=O) groups is 2. The standard InChI is InChI=1S/C13H18N2O3/c1-3-15(8-9(2)13(17)18)11-6-4-10(5-7-11)12(14)16/h4-7,9H,3,8H2,1-2H3,(H2,14,16)(H,17,18). The summed E-state index contributed by atoms with van der Waals surface area (Å²) in [7, 11) is 0. The number of anilines is 1. The Kier molecular flexibility index (Phi) is 4.71. The second-order valence-corrected chi connectivity index (χ2v) is 4.19. The topological polar surface area (TPSA) is 83.6 Å². The summed E-state index contributed by atoms with van der Waals surface area (Å²) in [5.41, 5.74) is 6.49. The molecule has 1 amide bonds. The highest BCUT2D eigenvalue weighted by atomic mass is 16.4. The molecule has 1 aromatic carbocycles. The normalized spacial score (nSPS) is 11.9. The number of hydrogen-bond donors (Lipinski definition) is 2. The van der Waals surface area contributed by atoms with Crippen LogP contribution in [0.1, 0.15) is 24.2 Å². The van der Waals surface area contributed by atoms with E-state index >= 15 is 0 Å². The molecule has 0 bridgehead atoms. The quantitative estimate of drug-likeness (QED) is 0.797. The summed E-state index contributed by atoms with van der Waals surface area (Å²) in [5.74, 6) is -1.73. The molecule has 1 unspecified atom stereocenters. The van der Waals surface area contributed by atoms with Crippen LogP contribution in [0.5, 0.6) is 0 Å². The Hall–Kier alpha value is -2.04. The Morgan fingerprint density at radius 1 is 1.33 bits per heavy atom. The molecule has 0 spiro atoms. The van der Waals surface area contributed by atoms with Crippen molar-refractivity contribution < 1.29 is 14.7 Å². The van der Waals surface area contributed by atoms with E-state index in [1.54, 1.807) is 31.2 Å². The molecule has 0 aliphatic carbocycles. The van der Waals surface area contributed by atoms with Gasteiger partial charge in [0.1, 0.15) is 0 Å². The Balaban J connectivity index is 2.82. The Morgan fingerprint density at radius 3 is 2.28 bits per heavy atom. The SMILES string of the molecule is CCN(CC(C)C(=O)O)c1ccc(C(N)=O)cc1. The lowest BCUT2D eigenvalue weighted by Crippen LogP contribution is -2.31. The van der Waals surface area contributed by atoms with Crippen LogP contribution in [0, 0.1) is 5.92 Å². The van der Waals surface area contributed by atoms with Crippen molar-refractivity contribution in [2.75, 3.05) is 18.0 Å². The van der Waals surface area contributed by atoms with Gasteiger partial charge >= 0.3 is 5.97 Å². The van der Waals surface area contributed by atoms with Crippen LogP contribution in [0.25, 0.3) is 0 Å². The fourth-order valence-electron chi connectivity index (χ4n) is 1.66. The van der Waals surface area contributed by atoms with Crippen LogP contribution in [0.4, 0.5) is 5.69 Å². The van der Waals surface area contributed by atoms with Crippen LogP contribution < -0.4 is 10.6 Å². The van der Waals surface area contributed by atoms with Gasteiger partial charge in [0.25, 0.3) is 0 Å².